The van der Waals surface area contributed by atoms with Crippen molar-refractivity contribution < 1.29 is 4.79 Å². The van der Waals surface area contributed by atoms with Crippen molar-refractivity contribution in [1.29, 1.82) is 0 Å². The second kappa shape index (κ2) is 7.64. The number of benzene rings is 1. The SMILES string of the molecule is CN(C(=O)CN1CCNCC1c1cccc(Cl)c1)C1CC1.Cl. The highest BCUT2D eigenvalue weighted by Crippen LogP contribution is 2.27. The minimum absolute atomic E-state index is 0. The van der Waals surface area contributed by atoms with Crippen molar-refractivity contribution in [2.75, 3.05) is 33.2 Å². The van der Waals surface area contributed by atoms with Crippen LogP contribution in [-0.2, 0) is 4.79 Å². The van der Waals surface area contributed by atoms with E-state index in [1.54, 1.807) is 0 Å². The first-order valence-electron chi connectivity index (χ1n) is 7.61. The zero-order valence-electron chi connectivity index (χ0n) is 12.8. The molecule has 6 heteroatoms. The zero-order valence-corrected chi connectivity index (χ0v) is 14.4. The molecule has 1 saturated carbocycles. The molecular formula is C16H23Cl2N3O. The fourth-order valence-corrected chi connectivity index (χ4v) is 3.13. The lowest BCUT2D eigenvalue weighted by Crippen LogP contribution is -2.50. The number of carbonyl (C=O) groups excluding carboxylic acids is 1. The van der Waals surface area contributed by atoms with Crippen molar-refractivity contribution in [2.45, 2.75) is 24.9 Å². The van der Waals surface area contributed by atoms with Crippen molar-refractivity contribution in [1.82, 2.24) is 15.1 Å². The Balaban J connectivity index is 0.00000176. The van der Waals surface area contributed by atoms with Crippen LogP contribution < -0.4 is 5.32 Å². The van der Waals surface area contributed by atoms with E-state index >= 15 is 0 Å². The van der Waals surface area contributed by atoms with Gasteiger partial charge < -0.3 is 10.2 Å². The molecule has 1 aliphatic heterocycles. The highest BCUT2D eigenvalue weighted by Gasteiger charge is 2.32. The van der Waals surface area contributed by atoms with Gasteiger partial charge in [0.1, 0.15) is 0 Å². The average Bonchev–Trinajstić information content (AvgIpc) is 3.31. The number of nitrogens with one attached hydrogen (secondary N) is 1. The third-order valence-electron chi connectivity index (χ3n) is 4.41. The van der Waals surface area contributed by atoms with Crippen LogP contribution in [0.25, 0.3) is 0 Å². The molecule has 0 aromatic heterocycles. The van der Waals surface area contributed by atoms with Gasteiger partial charge in [0.15, 0.2) is 0 Å². The van der Waals surface area contributed by atoms with E-state index in [2.05, 4.69) is 16.3 Å². The number of hydrogen-bond donors (Lipinski definition) is 1. The summed E-state index contributed by atoms with van der Waals surface area (Å²) in [5.41, 5.74) is 1.18. The van der Waals surface area contributed by atoms with Gasteiger partial charge in [0, 0.05) is 43.8 Å². The zero-order chi connectivity index (χ0) is 14.8. The molecule has 122 valence electrons. The number of hydrogen-bond acceptors (Lipinski definition) is 3. The third kappa shape index (κ3) is 4.13. The predicted octanol–water partition coefficient (Wildman–Crippen LogP) is 2.33. The summed E-state index contributed by atoms with van der Waals surface area (Å²) in [5, 5.41) is 4.16. The molecule has 1 unspecified atom stereocenters. The van der Waals surface area contributed by atoms with E-state index in [9.17, 15) is 4.79 Å². The molecule has 1 aromatic rings. The van der Waals surface area contributed by atoms with Crippen molar-refractivity contribution in [3.05, 3.63) is 34.9 Å². The summed E-state index contributed by atoms with van der Waals surface area (Å²) in [6.45, 7) is 3.17. The van der Waals surface area contributed by atoms with E-state index in [-0.39, 0.29) is 24.4 Å². The highest BCUT2D eigenvalue weighted by molar-refractivity contribution is 6.30. The van der Waals surface area contributed by atoms with Gasteiger partial charge in [-0.3, -0.25) is 9.69 Å². The van der Waals surface area contributed by atoms with E-state index in [4.69, 9.17) is 11.6 Å². The molecule has 4 nitrogen and oxygen atoms in total. The predicted molar refractivity (Wildman–Crippen MR) is 91.7 cm³/mol. The summed E-state index contributed by atoms with van der Waals surface area (Å²) in [5.74, 6) is 0.228. The van der Waals surface area contributed by atoms with Crippen molar-refractivity contribution in [2.24, 2.45) is 0 Å². The number of amides is 1. The molecule has 0 radical (unpaired) electrons. The lowest BCUT2D eigenvalue weighted by atomic mass is 10.0. The van der Waals surface area contributed by atoms with E-state index in [0.717, 1.165) is 37.5 Å². The van der Waals surface area contributed by atoms with E-state index in [1.807, 2.05) is 30.1 Å². The standard InChI is InChI=1S/C16H22ClN3O.ClH/c1-19(14-5-6-14)16(21)11-20-8-7-18-10-15(20)12-3-2-4-13(17)9-12;/h2-4,9,14-15,18H,5-8,10-11H2,1H3;1H. The molecule has 1 atom stereocenters. The second-order valence-electron chi connectivity index (χ2n) is 5.98. The smallest absolute Gasteiger partial charge is 0.236 e. The fourth-order valence-electron chi connectivity index (χ4n) is 2.93. The largest absolute Gasteiger partial charge is 0.342 e. The van der Waals surface area contributed by atoms with Gasteiger partial charge in [-0.15, -0.1) is 12.4 Å². The van der Waals surface area contributed by atoms with E-state index < -0.39 is 0 Å². The summed E-state index contributed by atoms with van der Waals surface area (Å²) in [4.78, 5) is 16.6. The van der Waals surface area contributed by atoms with Gasteiger partial charge in [0.25, 0.3) is 0 Å². The molecule has 0 spiro atoms. The van der Waals surface area contributed by atoms with Crippen molar-refractivity contribution in [3.63, 3.8) is 0 Å². The molecule has 3 rings (SSSR count). The van der Waals surface area contributed by atoms with Crippen LogP contribution in [0.4, 0.5) is 0 Å². The third-order valence-corrected chi connectivity index (χ3v) is 4.65. The summed E-state index contributed by atoms with van der Waals surface area (Å²) in [7, 11) is 1.93. The normalized spacial score (nSPS) is 22.0. The number of nitrogens with zero attached hydrogens (tertiary/aromatic N) is 2. The highest BCUT2D eigenvalue weighted by atomic mass is 35.5. The summed E-state index contributed by atoms with van der Waals surface area (Å²) in [6.07, 6.45) is 2.31. The fraction of sp³-hybridized carbons (Fsp3) is 0.562. The van der Waals surface area contributed by atoms with E-state index in [1.165, 1.54) is 5.56 Å². The number of piperazine rings is 1. The Morgan fingerprint density at radius 3 is 2.91 bits per heavy atom. The van der Waals surface area contributed by atoms with Gasteiger partial charge in [-0.25, -0.2) is 0 Å². The van der Waals surface area contributed by atoms with Crippen molar-refractivity contribution in [3.8, 4) is 0 Å². The first kappa shape index (κ1) is 17.5. The Kier molecular flexibility index (Phi) is 6.09. The maximum Gasteiger partial charge on any atom is 0.236 e. The van der Waals surface area contributed by atoms with Gasteiger partial charge in [-0.05, 0) is 30.5 Å². The molecule has 1 amide bonds. The van der Waals surface area contributed by atoms with Gasteiger partial charge in [-0.2, -0.15) is 0 Å². The molecule has 1 aliphatic carbocycles. The van der Waals surface area contributed by atoms with Gasteiger partial charge >= 0.3 is 0 Å². The minimum Gasteiger partial charge on any atom is -0.342 e. The average molecular weight is 344 g/mol. The Morgan fingerprint density at radius 2 is 2.23 bits per heavy atom. The second-order valence-corrected chi connectivity index (χ2v) is 6.42. The summed E-state index contributed by atoms with van der Waals surface area (Å²) >= 11 is 6.10. The molecule has 1 aromatic carbocycles. The van der Waals surface area contributed by atoms with Crippen LogP contribution in [0.5, 0.6) is 0 Å². The molecule has 1 heterocycles. The first-order chi connectivity index (χ1) is 10.1. The maximum absolute atomic E-state index is 12.4. The quantitative estimate of drug-likeness (QED) is 0.911. The summed E-state index contributed by atoms with van der Waals surface area (Å²) in [6, 6.07) is 8.65. The minimum atomic E-state index is 0. The lowest BCUT2D eigenvalue weighted by Gasteiger charge is -2.37. The Morgan fingerprint density at radius 1 is 1.45 bits per heavy atom. The first-order valence-corrected chi connectivity index (χ1v) is 7.99. The van der Waals surface area contributed by atoms with Gasteiger partial charge in [0.05, 0.1) is 6.54 Å². The topological polar surface area (TPSA) is 35.6 Å². The number of rotatable bonds is 4. The number of halogens is 2. The summed E-state index contributed by atoms with van der Waals surface area (Å²) < 4.78 is 0. The van der Waals surface area contributed by atoms with Crippen LogP contribution in [0, 0.1) is 0 Å². The molecule has 1 saturated heterocycles. The van der Waals surface area contributed by atoms with Crippen LogP contribution >= 0.6 is 24.0 Å². The van der Waals surface area contributed by atoms with Gasteiger partial charge in [0.2, 0.25) is 5.91 Å². The lowest BCUT2D eigenvalue weighted by molar-refractivity contribution is -0.132. The Hall–Kier alpha value is -0.810. The molecule has 2 aliphatic rings. The van der Waals surface area contributed by atoms with Crippen LogP contribution in [0.3, 0.4) is 0 Å². The van der Waals surface area contributed by atoms with Crippen LogP contribution in [-0.4, -0.2) is 55.0 Å². The molecule has 22 heavy (non-hydrogen) atoms. The maximum atomic E-state index is 12.4. The van der Waals surface area contributed by atoms with Crippen LogP contribution in [0.2, 0.25) is 5.02 Å². The monoisotopic (exact) mass is 343 g/mol. The van der Waals surface area contributed by atoms with Crippen molar-refractivity contribution >= 4 is 29.9 Å². The molecular weight excluding hydrogens is 321 g/mol. The molecule has 0 bridgehead atoms. The Labute approximate surface area is 143 Å². The Bertz CT molecular complexity index is 522. The number of likely N-dealkylation sites (N-methyl/N-ethyl adjacent to an activating group) is 1. The molecule has 1 N–H and O–H groups in total. The van der Waals surface area contributed by atoms with Gasteiger partial charge in [-0.1, -0.05) is 23.7 Å². The molecule has 2 fully saturated rings. The van der Waals surface area contributed by atoms with E-state index in [0.29, 0.717) is 12.6 Å². The van der Waals surface area contributed by atoms with Crippen LogP contribution in [0.15, 0.2) is 24.3 Å². The number of carbonyl (C=O) groups is 1. The van der Waals surface area contributed by atoms with Crippen LogP contribution in [0.1, 0.15) is 24.4 Å².